The summed E-state index contributed by atoms with van der Waals surface area (Å²) < 4.78 is 32.8. The van der Waals surface area contributed by atoms with Gasteiger partial charge in [0.1, 0.15) is 5.75 Å². The van der Waals surface area contributed by atoms with Gasteiger partial charge in [-0.3, -0.25) is 0 Å². The lowest BCUT2D eigenvalue weighted by Gasteiger charge is -2.16. The van der Waals surface area contributed by atoms with Crippen molar-refractivity contribution in [1.82, 2.24) is 10.0 Å². The molecule has 5 nitrogen and oxygen atoms in total. The first kappa shape index (κ1) is 18.2. The Hall–Kier alpha value is -1.11. The lowest BCUT2D eigenvalue weighted by atomic mass is 10.1. The number of ether oxygens (including phenoxy) is 1. The molecular weight excluding hydrogens is 312 g/mol. The highest BCUT2D eigenvalue weighted by Gasteiger charge is 2.22. The van der Waals surface area contributed by atoms with Crippen LogP contribution < -0.4 is 14.8 Å². The van der Waals surface area contributed by atoms with E-state index in [1.165, 1.54) is 12.8 Å². The summed E-state index contributed by atoms with van der Waals surface area (Å²) in [6.07, 6.45) is 4.02. The first-order valence-corrected chi connectivity index (χ1v) is 10.0. The summed E-state index contributed by atoms with van der Waals surface area (Å²) in [5.41, 5.74) is 0.928. The molecule has 0 heterocycles. The Labute approximate surface area is 139 Å². The molecule has 2 rings (SSSR count). The van der Waals surface area contributed by atoms with E-state index in [0.29, 0.717) is 12.3 Å². The van der Waals surface area contributed by atoms with Crippen LogP contribution in [0.25, 0.3) is 0 Å². The first-order chi connectivity index (χ1) is 11.0. The maximum atomic E-state index is 12.1. The molecular formula is C17H28N2O3S. The second-order valence-corrected chi connectivity index (χ2v) is 8.17. The van der Waals surface area contributed by atoms with Gasteiger partial charge in [-0.15, -0.1) is 0 Å². The molecule has 6 heteroatoms. The van der Waals surface area contributed by atoms with Gasteiger partial charge in [0.05, 0.1) is 12.4 Å². The predicted molar refractivity (Wildman–Crippen MR) is 93.2 cm³/mol. The molecule has 0 saturated heterocycles. The number of hydrogen-bond donors (Lipinski definition) is 2. The zero-order chi connectivity index (χ0) is 16.7. The van der Waals surface area contributed by atoms with Crippen molar-refractivity contribution in [3.8, 4) is 5.75 Å². The van der Waals surface area contributed by atoms with Gasteiger partial charge in [-0.05, 0) is 69.8 Å². The molecule has 130 valence electrons. The molecule has 23 heavy (non-hydrogen) atoms. The maximum absolute atomic E-state index is 12.1. The normalized spacial score (nSPS) is 16.3. The van der Waals surface area contributed by atoms with Crippen LogP contribution in [0.15, 0.2) is 24.3 Å². The van der Waals surface area contributed by atoms with E-state index in [2.05, 4.69) is 10.0 Å². The zero-order valence-electron chi connectivity index (χ0n) is 14.0. The molecule has 1 saturated carbocycles. The summed E-state index contributed by atoms with van der Waals surface area (Å²) in [6, 6.07) is 7.43. The average Bonchev–Trinajstić information content (AvgIpc) is 3.34. The highest BCUT2D eigenvalue weighted by molar-refractivity contribution is 7.89. The smallest absolute Gasteiger partial charge is 0.212 e. The van der Waals surface area contributed by atoms with Crippen molar-refractivity contribution < 1.29 is 13.2 Å². The summed E-state index contributed by atoms with van der Waals surface area (Å²) in [5.74, 6) is 1.68. The molecule has 1 aromatic rings. The van der Waals surface area contributed by atoms with Crippen LogP contribution in [0.5, 0.6) is 5.75 Å². The van der Waals surface area contributed by atoms with Gasteiger partial charge in [0.2, 0.25) is 10.0 Å². The van der Waals surface area contributed by atoms with Crippen molar-refractivity contribution in [3.05, 3.63) is 29.8 Å². The Morgan fingerprint density at radius 1 is 1.30 bits per heavy atom. The van der Waals surface area contributed by atoms with E-state index < -0.39 is 10.0 Å². The molecule has 0 unspecified atom stereocenters. The Bertz CT molecular complexity index is 585. The number of hydrogen-bond acceptors (Lipinski definition) is 4. The van der Waals surface area contributed by atoms with Crippen LogP contribution in [0.2, 0.25) is 0 Å². The average molecular weight is 340 g/mol. The van der Waals surface area contributed by atoms with Crippen molar-refractivity contribution in [2.24, 2.45) is 5.92 Å². The second-order valence-electron chi connectivity index (χ2n) is 6.30. The molecule has 1 aliphatic carbocycles. The van der Waals surface area contributed by atoms with E-state index in [1.54, 1.807) is 0 Å². The van der Waals surface area contributed by atoms with Gasteiger partial charge in [0, 0.05) is 6.04 Å². The highest BCUT2D eigenvalue weighted by atomic mass is 32.2. The molecule has 0 spiro atoms. The van der Waals surface area contributed by atoms with E-state index in [-0.39, 0.29) is 11.8 Å². The maximum Gasteiger partial charge on any atom is 0.212 e. The third-order valence-electron chi connectivity index (χ3n) is 3.99. The molecule has 1 fully saturated rings. The third-order valence-corrected chi connectivity index (χ3v) is 5.53. The Kier molecular flexibility index (Phi) is 6.87. The fourth-order valence-corrected chi connectivity index (χ4v) is 3.74. The SMILES string of the molecule is CNCCCCS(=O)(=O)N[C@H](C)c1cccc(OCC2CC2)c1. The molecule has 0 radical (unpaired) electrons. The number of nitrogens with one attached hydrogen (secondary N) is 2. The van der Waals surface area contributed by atoms with Crippen LogP contribution in [-0.4, -0.2) is 34.4 Å². The van der Waals surface area contributed by atoms with Gasteiger partial charge in [-0.2, -0.15) is 0 Å². The van der Waals surface area contributed by atoms with Crippen LogP contribution in [-0.2, 0) is 10.0 Å². The first-order valence-electron chi connectivity index (χ1n) is 8.37. The minimum atomic E-state index is -3.26. The van der Waals surface area contributed by atoms with Crippen molar-refractivity contribution in [1.29, 1.82) is 0 Å². The number of unbranched alkanes of at least 4 members (excludes halogenated alkanes) is 1. The molecule has 0 bridgehead atoms. The minimum absolute atomic E-state index is 0.164. The Balaban J connectivity index is 1.85. The van der Waals surface area contributed by atoms with Gasteiger partial charge < -0.3 is 10.1 Å². The van der Waals surface area contributed by atoms with Gasteiger partial charge >= 0.3 is 0 Å². The number of benzene rings is 1. The van der Waals surface area contributed by atoms with Gasteiger partial charge in [0.15, 0.2) is 0 Å². The standard InChI is InChI=1S/C17H28N2O3S/c1-14(19-23(20,21)11-4-3-10-18-2)16-6-5-7-17(12-16)22-13-15-8-9-15/h5-7,12,14-15,18-19H,3-4,8-11,13H2,1-2H3/t14-/m1/s1. The minimum Gasteiger partial charge on any atom is -0.493 e. The van der Waals surface area contributed by atoms with Gasteiger partial charge in [0.25, 0.3) is 0 Å². The van der Waals surface area contributed by atoms with E-state index >= 15 is 0 Å². The van der Waals surface area contributed by atoms with Crippen LogP contribution in [0.4, 0.5) is 0 Å². The molecule has 0 aromatic heterocycles. The molecule has 1 atom stereocenters. The Morgan fingerprint density at radius 3 is 2.78 bits per heavy atom. The lowest BCUT2D eigenvalue weighted by molar-refractivity contribution is 0.299. The van der Waals surface area contributed by atoms with Crippen molar-refractivity contribution in [2.45, 2.75) is 38.6 Å². The lowest BCUT2D eigenvalue weighted by Crippen LogP contribution is -2.29. The van der Waals surface area contributed by atoms with Gasteiger partial charge in [-0.1, -0.05) is 12.1 Å². The fraction of sp³-hybridized carbons (Fsp3) is 0.647. The fourth-order valence-electron chi connectivity index (χ4n) is 2.36. The predicted octanol–water partition coefficient (Wildman–Crippen LogP) is 2.46. The molecule has 2 N–H and O–H groups in total. The molecule has 0 aliphatic heterocycles. The quantitative estimate of drug-likeness (QED) is 0.607. The number of rotatable bonds is 11. The zero-order valence-corrected chi connectivity index (χ0v) is 14.9. The monoisotopic (exact) mass is 340 g/mol. The van der Waals surface area contributed by atoms with Crippen molar-refractivity contribution in [2.75, 3.05) is 26.0 Å². The van der Waals surface area contributed by atoms with E-state index in [4.69, 9.17) is 4.74 Å². The summed E-state index contributed by atoms with van der Waals surface area (Å²) in [7, 11) is -1.39. The van der Waals surface area contributed by atoms with E-state index in [1.807, 2.05) is 38.2 Å². The highest BCUT2D eigenvalue weighted by Crippen LogP contribution is 2.30. The summed E-state index contributed by atoms with van der Waals surface area (Å²) in [4.78, 5) is 0. The summed E-state index contributed by atoms with van der Waals surface area (Å²) in [5, 5.41) is 3.02. The summed E-state index contributed by atoms with van der Waals surface area (Å²) in [6.45, 7) is 3.46. The van der Waals surface area contributed by atoms with E-state index in [0.717, 1.165) is 30.9 Å². The number of sulfonamides is 1. The third kappa shape index (κ3) is 6.89. The second kappa shape index (κ2) is 8.66. The van der Waals surface area contributed by atoms with E-state index in [9.17, 15) is 8.42 Å². The summed E-state index contributed by atoms with van der Waals surface area (Å²) >= 11 is 0. The molecule has 1 aromatic carbocycles. The van der Waals surface area contributed by atoms with Crippen LogP contribution in [0.3, 0.4) is 0 Å². The largest absolute Gasteiger partial charge is 0.493 e. The Morgan fingerprint density at radius 2 is 2.09 bits per heavy atom. The molecule has 0 amide bonds. The van der Waals surface area contributed by atoms with Crippen LogP contribution in [0, 0.1) is 5.92 Å². The topological polar surface area (TPSA) is 67.4 Å². The van der Waals surface area contributed by atoms with Crippen molar-refractivity contribution in [3.63, 3.8) is 0 Å². The van der Waals surface area contributed by atoms with Crippen LogP contribution >= 0.6 is 0 Å². The molecule has 1 aliphatic rings. The van der Waals surface area contributed by atoms with Gasteiger partial charge in [-0.25, -0.2) is 13.1 Å². The van der Waals surface area contributed by atoms with Crippen LogP contribution in [0.1, 0.15) is 44.2 Å². The van der Waals surface area contributed by atoms with Crippen molar-refractivity contribution >= 4 is 10.0 Å².